The van der Waals surface area contributed by atoms with Crippen LogP contribution < -0.4 is 4.90 Å². The van der Waals surface area contributed by atoms with Gasteiger partial charge < -0.3 is 9.42 Å². The van der Waals surface area contributed by atoms with Gasteiger partial charge in [-0.15, -0.1) is 0 Å². The highest BCUT2D eigenvalue weighted by Gasteiger charge is 2.31. The fourth-order valence-electron chi connectivity index (χ4n) is 3.69. The molecule has 0 radical (unpaired) electrons. The van der Waals surface area contributed by atoms with Crippen molar-refractivity contribution >= 4 is 16.9 Å². The van der Waals surface area contributed by atoms with Gasteiger partial charge in [-0.3, -0.25) is 0 Å². The van der Waals surface area contributed by atoms with Gasteiger partial charge in [0, 0.05) is 12.6 Å². The first-order valence-corrected chi connectivity index (χ1v) is 8.75. The number of hydrogen-bond donors (Lipinski definition) is 0. The molecular formula is C19H18N6O. The molecule has 7 heteroatoms. The SMILES string of the molecule is Cc1cc(C2CCCN2c2ncnc3c2cnn3-c2ccccc2)no1. The zero-order valence-electron chi connectivity index (χ0n) is 14.4. The van der Waals surface area contributed by atoms with E-state index in [0.29, 0.717) is 0 Å². The second-order valence-electron chi connectivity index (χ2n) is 6.54. The number of aromatic nitrogens is 5. The minimum Gasteiger partial charge on any atom is -0.361 e. The highest BCUT2D eigenvalue weighted by Crippen LogP contribution is 2.37. The third-order valence-corrected chi connectivity index (χ3v) is 4.86. The Bertz CT molecular complexity index is 1050. The van der Waals surface area contributed by atoms with Gasteiger partial charge in [-0.1, -0.05) is 23.4 Å². The van der Waals surface area contributed by atoms with E-state index in [0.717, 1.165) is 53.4 Å². The number of benzene rings is 1. The van der Waals surface area contributed by atoms with Crippen molar-refractivity contribution < 1.29 is 4.52 Å². The van der Waals surface area contributed by atoms with E-state index in [1.54, 1.807) is 6.33 Å². The van der Waals surface area contributed by atoms with E-state index in [1.807, 2.05) is 54.2 Å². The minimum absolute atomic E-state index is 0.172. The first-order valence-electron chi connectivity index (χ1n) is 8.75. The Morgan fingerprint density at radius 3 is 2.85 bits per heavy atom. The minimum atomic E-state index is 0.172. The average molecular weight is 346 g/mol. The maximum Gasteiger partial charge on any atom is 0.168 e. The molecule has 0 spiro atoms. The van der Waals surface area contributed by atoms with Crippen LogP contribution in [0.2, 0.25) is 0 Å². The number of hydrogen-bond acceptors (Lipinski definition) is 6. The number of nitrogens with zero attached hydrogens (tertiary/aromatic N) is 6. The number of fused-ring (bicyclic) bond motifs is 1. The van der Waals surface area contributed by atoms with E-state index in [4.69, 9.17) is 4.52 Å². The molecule has 4 aromatic rings. The molecule has 5 rings (SSSR count). The fourth-order valence-corrected chi connectivity index (χ4v) is 3.69. The monoisotopic (exact) mass is 346 g/mol. The predicted molar refractivity (Wildman–Crippen MR) is 97.2 cm³/mol. The molecule has 3 aromatic heterocycles. The molecule has 1 unspecified atom stereocenters. The van der Waals surface area contributed by atoms with Crippen LogP contribution in [0, 0.1) is 6.92 Å². The highest BCUT2D eigenvalue weighted by molar-refractivity contribution is 5.88. The van der Waals surface area contributed by atoms with Crippen LogP contribution in [0.15, 0.2) is 53.4 Å². The Hall–Kier alpha value is -3.22. The first kappa shape index (κ1) is 15.1. The van der Waals surface area contributed by atoms with Gasteiger partial charge in [-0.2, -0.15) is 5.10 Å². The summed E-state index contributed by atoms with van der Waals surface area (Å²) in [7, 11) is 0. The number of aryl methyl sites for hydroxylation is 1. The van der Waals surface area contributed by atoms with E-state index in [1.165, 1.54) is 0 Å². The lowest BCUT2D eigenvalue weighted by atomic mass is 10.1. The van der Waals surface area contributed by atoms with Crippen LogP contribution in [-0.4, -0.2) is 31.4 Å². The molecule has 0 amide bonds. The van der Waals surface area contributed by atoms with Crippen molar-refractivity contribution in [1.82, 2.24) is 24.9 Å². The van der Waals surface area contributed by atoms with Crippen LogP contribution >= 0.6 is 0 Å². The molecule has 1 aliphatic rings. The van der Waals surface area contributed by atoms with Gasteiger partial charge in [-0.05, 0) is 31.9 Å². The predicted octanol–water partition coefficient (Wildman–Crippen LogP) is 3.45. The Morgan fingerprint density at radius 2 is 2.04 bits per heavy atom. The summed E-state index contributed by atoms with van der Waals surface area (Å²) >= 11 is 0. The summed E-state index contributed by atoms with van der Waals surface area (Å²) in [5.74, 6) is 1.73. The Kier molecular flexibility index (Phi) is 3.44. The van der Waals surface area contributed by atoms with Gasteiger partial charge in [0.1, 0.15) is 23.6 Å². The maximum atomic E-state index is 5.28. The van der Waals surface area contributed by atoms with Crippen LogP contribution in [0.1, 0.15) is 30.3 Å². The summed E-state index contributed by atoms with van der Waals surface area (Å²) in [5.41, 5.74) is 2.75. The molecular weight excluding hydrogens is 328 g/mol. The summed E-state index contributed by atoms with van der Waals surface area (Å²) in [6, 6.07) is 12.2. The smallest absolute Gasteiger partial charge is 0.168 e. The highest BCUT2D eigenvalue weighted by atomic mass is 16.5. The second kappa shape index (κ2) is 5.94. The molecule has 0 bridgehead atoms. The lowest BCUT2D eigenvalue weighted by molar-refractivity contribution is 0.385. The normalized spacial score (nSPS) is 17.3. The van der Waals surface area contributed by atoms with Gasteiger partial charge in [0.25, 0.3) is 0 Å². The zero-order chi connectivity index (χ0) is 17.5. The van der Waals surface area contributed by atoms with Crippen LogP contribution in [0.4, 0.5) is 5.82 Å². The molecule has 0 saturated carbocycles. The van der Waals surface area contributed by atoms with E-state index in [-0.39, 0.29) is 6.04 Å². The lowest BCUT2D eigenvalue weighted by Crippen LogP contribution is -2.24. The number of anilines is 1. The second-order valence-corrected chi connectivity index (χ2v) is 6.54. The maximum absolute atomic E-state index is 5.28. The summed E-state index contributed by atoms with van der Waals surface area (Å²) in [6.07, 6.45) is 5.59. The van der Waals surface area contributed by atoms with Gasteiger partial charge in [0.15, 0.2) is 5.65 Å². The summed E-state index contributed by atoms with van der Waals surface area (Å²) in [5, 5.41) is 9.73. The van der Waals surface area contributed by atoms with Gasteiger partial charge in [0.05, 0.1) is 23.3 Å². The summed E-state index contributed by atoms with van der Waals surface area (Å²) in [6.45, 7) is 2.85. The molecule has 1 atom stereocenters. The first-order chi connectivity index (χ1) is 12.8. The Labute approximate surface area is 150 Å². The van der Waals surface area contributed by atoms with Crippen molar-refractivity contribution in [2.24, 2.45) is 0 Å². The Morgan fingerprint density at radius 1 is 1.15 bits per heavy atom. The van der Waals surface area contributed by atoms with Crippen molar-refractivity contribution in [2.45, 2.75) is 25.8 Å². The lowest BCUT2D eigenvalue weighted by Gasteiger charge is -2.24. The molecule has 1 aliphatic heterocycles. The summed E-state index contributed by atoms with van der Waals surface area (Å²) < 4.78 is 7.14. The van der Waals surface area contributed by atoms with Gasteiger partial charge in [-0.25, -0.2) is 14.6 Å². The summed E-state index contributed by atoms with van der Waals surface area (Å²) in [4.78, 5) is 11.4. The largest absolute Gasteiger partial charge is 0.361 e. The zero-order valence-corrected chi connectivity index (χ0v) is 14.4. The molecule has 1 aromatic carbocycles. The topological polar surface area (TPSA) is 72.9 Å². The molecule has 0 N–H and O–H groups in total. The van der Waals surface area contributed by atoms with Crippen molar-refractivity contribution in [3.63, 3.8) is 0 Å². The molecule has 1 fully saturated rings. The van der Waals surface area contributed by atoms with Gasteiger partial charge >= 0.3 is 0 Å². The molecule has 26 heavy (non-hydrogen) atoms. The Balaban J connectivity index is 1.60. The third kappa shape index (κ3) is 2.35. The average Bonchev–Trinajstić information content (AvgIpc) is 3.41. The number of para-hydroxylation sites is 1. The molecule has 0 aliphatic carbocycles. The quantitative estimate of drug-likeness (QED) is 0.566. The van der Waals surface area contributed by atoms with E-state index >= 15 is 0 Å². The van der Waals surface area contributed by atoms with Crippen LogP contribution in [0.25, 0.3) is 16.7 Å². The van der Waals surface area contributed by atoms with Gasteiger partial charge in [0.2, 0.25) is 0 Å². The number of rotatable bonds is 3. The van der Waals surface area contributed by atoms with Crippen molar-refractivity contribution in [1.29, 1.82) is 0 Å². The third-order valence-electron chi connectivity index (χ3n) is 4.86. The van der Waals surface area contributed by atoms with Crippen LogP contribution in [0.5, 0.6) is 0 Å². The van der Waals surface area contributed by atoms with Crippen molar-refractivity contribution in [3.8, 4) is 5.69 Å². The van der Waals surface area contributed by atoms with E-state index in [9.17, 15) is 0 Å². The van der Waals surface area contributed by atoms with Crippen LogP contribution in [-0.2, 0) is 0 Å². The van der Waals surface area contributed by atoms with E-state index < -0.39 is 0 Å². The standard InChI is InChI=1S/C19H18N6O/c1-13-10-16(23-26-13)17-8-5-9-24(17)18-15-11-22-25(19(15)21-12-20-18)14-6-3-2-4-7-14/h2-4,6-7,10-12,17H,5,8-9H2,1H3. The van der Waals surface area contributed by atoms with Crippen molar-refractivity contribution in [2.75, 3.05) is 11.4 Å². The molecule has 130 valence electrons. The fraction of sp³-hybridized carbons (Fsp3) is 0.263. The molecule has 4 heterocycles. The molecule has 7 nitrogen and oxygen atoms in total. The van der Waals surface area contributed by atoms with Crippen molar-refractivity contribution in [3.05, 3.63) is 60.4 Å². The van der Waals surface area contributed by atoms with E-state index in [2.05, 4.69) is 25.1 Å². The van der Waals surface area contributed by atoms with Crippen LogP contribution in [0.3, 0.4) is 0 Å². The molecule has 1 saturated heterocycles.